The molecule has 5 heteroatoms. The molecule has 0 amide bonds. The Morgan fingerprint density at radius 3 is 2.27 bits per heavy atom. The molecule has 0 aliphatic heterocycles. The van der Waals surface area contributed by atoms with E-state index < -0.39 is 28.9 Å². The van der Waals surface area contributed by atoms with Crippen molar-refractivity contribution >= 4 is 5.69 Å². The van der Waals surface area contributed by atoms with Gasteiger partial charge in [0.1, 0.15) is 0 Å². The third-order valence-electron chi connectivity index (χ3n) is 1.17. The Bertz CT molecular complexity index is 274. The van der Waals surface area contributed by atoms with Crippen LogP contribution in [-0.2, 0) is 0 Å². The average Bonchev–Trinajstić information content (AvgIpc) is 1.97. The van der Waals surface area contributed by atoms with E-state index in [2.05, 4.69) is 0 Å². The number of nitrogens with two attached hydrogens (primary N) is 1. The number of phenolic OH excluding ortho intramolecular Hbond substituents is 1. The standard InChI is InChI=1S/C6H4F3NO/c7-2-1-3(10)6(11)5(9)4(2)8/h1,11H,10H2. The van der Waals surface area contributed by atoms with Gasteiger partial charge in [0, 0.05) is 6.07 Å². The molecule has 0 unspecified atom stereocenters. The van der Waals surface area contributed by atoms with Crippen molar-refractivity contribution in [1.29, 1.82) is 0 Å². The molecule has 1 aromatic rings. The van der Waals surface area contributed by atoms with E-state index in [-0.39, 0.29) is 0 Å². The van der Waals surface area contributed by atoms with Gasteiger partial charge in [0.15, 0.2) is 17.4 Å². The minimum atomic E-state index is -1.73. The summed E-state index contributed by atoms with van der Waals surface area (Å²) in [5.41, 5.74) is 4.37. The maximum absolute atomic E-state index is 12.3. The minimum absolute atomic E-state index is 0.508. The third kappa shape index (κ3) is 1.09. The Balaban J connectivity index is 3.46. The van der Waals surface area contributed by atoms with Crippen molar-refractivity contribution in [3.8, 4) is 5.75 Å². The summed E-state index contributed by atoms with van der Waals surface area (Å²) in [6, 6.07) is 0.508. The zero-order valence-corrected chi connectivity index (χ0v) is 5.24. The van der Waals surface area contributed by atoms with Crippen molar-refractivity contribution in [2.75, 3.05) is 5.73 Å². The maximum Gasteiger partial charge on any atom is 0.205 e. The smallest absolute Gasteiger partial charge is 0.205 e. The fraction of sp³-hybridized carbons (Fsp3) is 0. The summed E-state index contributed by atoms with van der Waals surface area (Å²) in [6.07, 6.45) is 0. The first kappa shape index (κ1) is 7.71. The number of rotatable bonds is 0. The Labute approximate surface area is 60.1 Å². The molecule has 0 heterocycles. The van der Waals surface area contributed by atoms with E-state index in [9.17, 15) is 13.2 Å². The molecule has 0 aliphatic rings. The number of aromatic hydroxyl groups is 1. The molecule has 0 saturated heterocycles. The van der Waals surface area contributed by atoms with Crippen molar-refractivity contribution < 1.29 is 18.3 Å². The molecule has 11 heavy (non-hydrogen) atoms. The van der Waals surface area contributed by atoms with E-state index >= 15 is 0 Å². The van der Waals surface area contributed by atoms with Crippen LogP contribution in [0.4, 0.5) is 18.9 Å². The van der Waals surface area contributed by atoms with Crippen molar-refractivity contribution in [2.45, 2.75) is 0 Å². The van der Waals surface area contributed by atoms with Crippen molar-refractivity contribution in [3.05, 3.63) is 23.5 Å². The van der Waals surface area contributed by atoms with Gasteiger partial charge < -0.3 is 10.8 Å². The number of benzene rings is 1. The first-order valence-corrected chi connectivity index (χ1v) is 2.66. The van der Waals surface area contributed by atoms with Gasteiger partial charge in [-0.25, -0.2) is 8.78 Å². The van der Waals surface area contributed by atoms with Crippen LogP contribution in [0.3, 0.4) is 0 Å². The highest BCUT2D eigenvalue weighted by Gasteiger charge is 2.15. The summed E-state index contributed by atoms with van der Waals surface area (Å²) < 4.78 is 36.7. The molecule has 0 fully saturated rings. The summed E-state index contributed by atoms with van der Waals surface area (Å²) >= 11 is 0. The van der Waals surface area contributed by atoms with Crippen molar-refractivity contribution in [1.82, 2.24) is 0 Å². The van der Waals surface area contributed by atoms with E-state index in [0.29, 0.717) is 6.07 Å². The lowest BCUT2D eigenvalue weighted by molar-refractivity contribution is 0.389. The molecule has 1 aromatic carbocycles. The van der Waals surface area contributed by atoms with E-state index in [4.69, 9.17) is 10.8 Å². The van der Waals surface area contributed by atoms with Gasteiger partial charge in [-0.3, -0.25) is 0 Å². The third-order valence-corrected chi connectivity index (χ3v) is 1.17. The molecule has 0 atom stereocenters. The highest BCUT2D eigenvalue weighted by Crippen LogP contribution is 2.27. The molecule has 2 nitrogen and oxygen atoms in total. The number of hydrogen-bond acceptors (Lipinski definition) is 2. The Morgan fingerprint density at radius 2 is 1.73 bits per heavy atom. The number of anilines is 1. The highest BCUT2D eigenvalue weighted by atomic mass is 19.2. The van der Waals surface area contributed by atoms with Gasteiger partial charge in [-0.1, -0.05) is 0 Å². The van der Waals surface area contributed by atoms with Crippen LogP contribution < -0.4 is 5.73 Å². The van der Waals surface area contributed by atoms with E-state index in [1.165, 1.54) is 0 Å². The SMILES string of the molecule is Nc1cc(F)c(F)c(F)c1O. The summed E-state index contributed by atoms with van der Waals surface area (Å²) in [4.78, 5) is 0. The predicted molar refractivity (Wildman–Crippen MR) is 32.4 cm³/mol. The zero-order chi connectivity index (χ0) is 8.59. The largest absolute Gasteiger partial charge is 0.503 e. The summed E-state index contributed by atoms with van der Waals surface area (Å²) in [6.45, 7) is 0. The van der Waals surface area contributed by atoms with E-state index in [1.54, 1.807) is 0 Å². The zero-order valence-electron chi connectivity index (χ0n) is 5.24. The van der Waals surface area contributed by atoms with Crippen LogP contribution in [0.5, 0.6) is 5.75 Å². The number of nitrogen functional groups attached to an aromatic ring is 1. The fourth-order valence-corrected chi connectivity index (χ4v) is 0.604. The molecule has 0 bridgehead atoms. The molecule has 0 spiro atoms. The molecule has 3 N–H and O–H groups in total. The Morgan fingerprint density at radius 1 is 1.18 bits per heavy atom. The van der Waals surface area contributed by atoms with Gasteiger partial charge >= 0.3 is 0 Å². The van der Waals surface area contributed by atoms with E-state index in [0.717, 1.165) is 0 Å². The van der Waals surface area contributed by atoms with Crippen LogP contribution in [-0.4, -0.2) is 5.11 Å². The van der Waals surface area contributed by atoms with Gasteiger partial charge in [-0.05, 0) is 0 Å². The fourth-order valence-electron chi connectivity index (χ4n) is 0.604. The van der Waals surface area contributed by atoms with Crippen LogP contribution in [0.1, 0.15) is 0 Å². The van der Waals surface area contributed by atoms with Crippen molar-refractivity contribution in [3.63, 3.8) is 0 Å². The molecular weight excluding hydrogens is 159 g/mol. The second kappa shape index (κ2) is 2.34. The number of phenols is 1. The molecule has 1 rings (SSSR count). The van der Waals surface area contributed by atoms with E-state index in [1.807, 2.05) is 0 Å². The molecule has 60 valence electrons. The maximum atomic E-state index is 12.3. The predicted octanol–water partition coefficient (Wildman–Crippen LogP) is 1.39. The molecule has 0 saturated carbocycles. The van der Waals surface area contributed by atoms with Crippen LogP contribution in [0.2, 0.25) is 0 Å². The number of halogens is 3. The normalized spacial score (nSPS) is 10.1. The second-order valence-corrected chi connectivity index (χ2v) is 1.92. The van der Waals surface area contributed by atoms with Gasteiger partial charge in [0.25, 0.3) is 0 Å². The highest BCUT2D eigenvalue weighted by molar-refractivity contribution is 5.52. The van der Waals surface area contributed by atoms with Crippen LogP contribution in [0.15, 0.2) is 6.07 Å². The van der Waals surface area contributed by atoms with Gasteiger partial charge in [-0.2, -0.15) is 4.39 Å². The lowest BCUT2D eigenvalue weighted by atomic mass is 10.2. The first-order chi connectivity index (χ1) is 5.04. The van der Waals surface area contributed by atoms with Crippen LogP contribution in [0, 0.1) is 17.5 Å². The monoisotopic (exact) mass is 163 g/mol. The molecular formula is C6H4F3NO. The topological polar surface area (TPSA) is 46.2 Å². The van der Waals surface area contributed by atoms with Crippen LogP contribution >= 0.6 is 0 Å². The summed E-state index contributed by atoms with van der Waals surface area (Å²) in [7, 11) is 0. The molecule has 0 radical (unpaired) electrons. The summed E-state index contributed by atoms with van der Waals surface area (Å²) in [5.74, 6) is -5.87. The minimum Gasteiger partial charge on any atom is -0.503 e. The van der Waals surface area contributed by atoms with Crippen LogP contribution in [0.25, 0.3) is 0 Å². The lowest BCUT2D eigenvalue weighted by Crippen LogP contribution is -1.95. The van der Waals surface area contributed by atoms with Gasteiger partial charge in [-0.15, -0.1) is 0 Å². The van der Waals surface area contributed by atoms with Crippen molar-refractivity contribution in [2.24, 2.45) is 0 Å². The second-order valence-electron chi connectivity index (χ2n) is 1.92. The Kier molecular flexibility index (Phi) is 1.64. The number of hydrogen-bond donors (Lipinski definition) is 2. The first-order valence-electron chi connectivity index (χ1n) is 2.66. The molecule has 0 aromatic heterocycles. The van der Waals surface area contributed by atoms with Gasteiger partial charge in [0.2, 0.25) is 5.82 Å². The van der Waals surface area contributed by atoms with Gasteiger partial charge in [0.05, 0.1) is 5.69 Å². The average molecular weight is 163 g/mol. The lowest BCUT2D eigenvalue weighted by Gasteiger charge is -2.00. The quantitative estimate of drug-likeness (QED) is 0.345. The summed E-state index contributed by atoms with van der Waals surface area (Å²) in [5, 5.41) is 8.60. The Hall–Kier alpha value is -1.39. The molecule has 0 aliphatic carbocycles.